The number of likely N-dealkylation sites (N-methyl/N-ethyl adjacent to an activating group) is 1. The molecule has 1 aromatic heterocycles. The molecule has 2 saturated heterocycles. The molecule has 2 fully saturated rings. The Labute approximate surface area is 222 Å². The average Bonchev–Trinajstić information content (AvgIpc) is 3.56. The van der Waals surface area contributed by atoms with Gasteiger partial charge in [0.2, 0.25) is 0 Å². The molecular weight excluding hydrogens is 522 g/mol. The monoisotopic (exact) mass is 549 g/mol. The molecule has 0 saturated carbocycles. The van der Waals surface area contributed by atoms with Gasteiger partial charge in [0.25, 0.3) is 10.9 Å². The molecule has 36 heavy (non-hydrogen) atoms. The third kappa shape index (κ3) is 5.13. The fourth-order valence-electron chi connectivity index (χ4n) is 4.22. The van der Waals surface area contributed by atoms with E-state index in [1.54, 1.807) is 24.1 Å². The number of nitrogens with one attached hydrogen (secondary N) is 2. The number of phenols is 1. The van der Waals surface area contributed by atoms with Gasteiger partial charge in [0.1, 0.15) is 29.1 Å². The van der Waals surface area contributed by atoms with Crippen molar-refractivity contribution in [3.8, 4) is 5.75 Å². The summed E-state index contributed by atoms with van der Waals surface area (Å²) >= 11 is 9.48. The Morgan fingerprint density at radius 2 is 1.83 bits per heavy atom. The van der Waals surface area contributed by atoms with E-state index in [9.17, 15) is 14.7 Å². The maximum absolute atomic E-state index is 12.6. The lowest BCUT2D eigenvalue weighted by atomic mass is 10.1. The van der Waals surface area contributed by atoms with E-state index >= 15 is 0 Å². The summed E-state index contributed by atoms with van der Waals surface area (Å²) in [7, 11) is 2.08. The number of furan rings is 1. The number of hydrogen-bond donors (Lipinski definition) is 3. The van der Waals surface area contributed by atoms with Crippen LogP contribution in [0, 0.1) is 6.92 Å². The molecule has 0 spiro atoms. The van der Waals surface area contributed by atoms with Crippen LogP contribution >= 0.6 is 35.5 Å². The summed E-state index contributed by atoms with van der Waals surface area (Å²) in [4.78, 5) is 27.9. The van der Waals surface area contributed by atoms with Gasteiger partial charge in [0.05, 0.1) is 15.6 Å². The van der Waals surface area contributed by atoms with Gasteiger partial charge in [0.15, 0.2) is 5.75 Å². The Balaban J connectivity index is 1.39. The van der Waals surface area contributed by atoms with Crippen molar-refractivity contribution in [1.82, 2.24) is 13.5 Å². The number of nitrogens with zero attached hydrogens (tertiary/aromatic N) is 3. The highest BCUT2D eigenvalue weighted by molar-refractivity contribution is 7.97. The minimum atomic E-state index is -0.636. The summed E-state index contributed by atoms with van der Waals surface area (Å²) in [6.07, 6.45) is 0.614. The van der Waals surface area contributed by atoms with Crippen LogP contribution in [0.1, 0.15) is 24.1 Å². The van der Waals surface area contributed by atoms with Crippen molar-refractivity contribution in [2.75, 3.05) is 56.2 Å². The molecule has 3 N–H and O–H groups in total. The summed E-state index contributed by atoms with van der Waals surface area (Å²) in [5.74, 6) is 2.35. The molecule has 9 nitrogen and oxygen atoms in total. The standard InChI is InChI=1S/C24H28ClN5O4S2/c1-14-4-7-17(34-14)24(30-8-3-13-35-30)27-19-18(21(32)22(19)33)26-16-6-5-15(25)23(20(16)31)36-29-11-9-28(2)10-12-29/h4-7,24,26-27,31H,3,8-13H2,1-2H3. The smallest absolute Gasteiger partial charge is 0.253 e. The number of rotatable bonds is 8. The van der Waals surface area contributed by atoms with Crippen molar-refractivity contribution < 1.29 is 9.52 Å². The summed E-state index contributed by atoms with van der Waals surface area (Å²) in [5.41, 5.74) is -0.633. The number of anilines is 3. The lowest BCUT2D eigenvalue weighted by Gasteiger charge is -2.31. The molecule has 5 rings (SSSR count). The fraction of sp³-hybridized carbons (Fsp3) is 0.417. The quantitative estimate of drug-likeness (QED) is 0.216. The van der Waals surface area contributed by atoms with Gasteiger partial charge >= 0.3 is 0 Å². The van der Waals surface area contributed by atoms with Crippen molar-refractivity contribution in [2.45, 2.75) is 24.4 Å². The first-order chi connectivity index (χ1) is 17.3. The van der Waals surface area contributed by atoms with Crippen molar-refractivity contribution in [3.05, 3.63) is 61.3 Å². The first-order valence-electron chi connectivity index (χ1n) is 11.8. The molecule has 12 heteroatoms. The van der Waals surface area contributed by atoms with Crippen molar-refractivity contribution in [3.63, 3.8) is 0 Å². The molecule has 2 aromatic carbocycles. The zero-order chi connectivity index (χ0) is 25.4. The minimum absolute atomic E-state index is 0.0567. The predicted molar refractivity (Wildman–Crippen MR) is 146 cm³/mol. The molecular formula is C24H28ClN5O4S2. The number of aryl methyl sites for hydroxylation is 1. The number of benzene rings is 1. The van der Waals surface area contributed by atoms with Gasteiger partial charge in [-0.15, -0.1) is 0 Å². The van der Waals surface area contributed by atoms with E-state index < -0.39 is 17.0 Å². The third-order valence-corrected chi connectivity index (χ3v) is 9.16. The first-order valence-corrected chi connectivity index (χ1v) is 13.9. The van der Waals surface area contributed by atoms with E-state index in [2.05, 4.69) is 31.2 Å². The van der Waals surface area contributed by atoms with Crippen LogP contribution in [-0.4, -0.2) is 64.1 Å². The Bertz CT molecular complexity index is 1310. The summed E-state index contributed by atoms with van der Waals surface area (Å²) < 4.78 is 10.1. The van der Waals surface area contributed by atoms with Gasteiger partial charge in [0, 0.05) is 38.5 Å². The zero-order valence-corrected chi connectivity index (χ0v) is 22.4. The van der Waals surface area contributed by atoms with E-state index in [1.165, 1.54) is 11.9 Å². The second-order valence-electron chi connectivity index (χ2n) is 8.95. The molecule has 1 unspecified atom stereocenters. The van der Waals surface area contributed by atoms with Crippen LogP contribution in [0.15, 0.2) is 43.2 Å². The van der Waals surface area contributed by atoms with Crippen LogP contribution < -0.4 is 21.5 Å². The van der Waals surface area contributed by atoms with Crippen LogP contribution in [0.4, 0.5) is 17.1 Å². The van der Waals surface area contributed by atoms with Gasteiger partial charge < -0.3 is 25.1 Å². The average molecular weight is 550 g/mol. The second-order valence-corrected chi connectivity index (χ2v) is 11.6. The highest BCUT2D eigenvalue weighted by Crippen LogP contribution is 2.43. The molecule has 3 heterocycles. The van der Waals surface area contributed by atoms with E-state index in [4.69, 9.17) is 16.0 Å². The Morgan fingerprint density at radius 3 is 2.50 bits per heavy atom. The highest BCUT2D eigenvalue weighted by Gasteiger charge is 2.32. The van der Waals surface area contributed by atoms with E-state index in [0.29, 0.717) is 21.4 Å². The van der Waals surface area contributed by atoms with Gasteiger partial charge in [-0.05, 0) is 56.6 Å². The van der Waals surface area contributed by atoms with E-state index in [-0.39, 0.29) is 17.1 Å². The molecule has 192 valence electrons. The van der Waals surface area contributed by atoms with E-state index in [1.807, 2.05) is 19.1 Å². The van der Waals surface area contributed by atoms with Crippen molar-refractivity contribution >= 4 is 52.6 Å². The Hall–Kier alpha value is -2.15. The van der Waals surface area contributed by atoms with Gasteiger partial charge in [-0.25, -0.2) is 8.61 Å². The van der Waals surface area contributed by atoms with Crippen LogP contribution in [0.25, 0.3) is 0 Å². The van der Waals surface area contributed by atoms with Crippen LogP contribution in [0.5, 0.6) is 5.75 Å². The molecule has 0 aliphatic carbocycles. The maximum atomic E-state index is 12.6. The zero-order valence-electron chi connectivity index (χ0n) is 20.0. The lowest BCUT2D eigenvalue weighted by Crippen LogP contribution is -2.41. The molecule has 0 bridgehead atoms. The normalized spacial score (nSPS) is 18.6. The second kappa shape index (κ2) is 10.7. The number of piperazine rings is 1. The largest absolute Gasteiger partial charge is 0.505 e. The fourth-order valence-corrected chi connectivity index (χ4v) is 6.49. The molecule has 3 aromatic rings. The minimum Gasteiger partial charge on any atom is -0.505 e. The lowest BCUT2D eigenvalue weighted by molar-refractivity contribution is 0.233. The molecule has 0 radical (unpaired) electrons. The molecule has 2 aliphatic heterocycles. The van der Waals surface area contributed by atoms with Crippen molar-refractivity contribution in [1.29, 1.82) is 0 Å². The Kier molecular flexibility index (Phi) is 7.57. The van der Waals surface area contributed by atoms with Gasteiger partial charge in [-0.1, -0.05) is 23.5 Å². The molecule has 0 amide bonds. The Morgan fingerprint density at radius 1 is 1.08 bits per heavy atom. The van der Waals surface area contributed by atoms with Crippen LogP contribution in [-0.2, 0) is 0 Å². The first kappa shape index (κ1) is 25.5. The van der Waals surface area contributed by atoms with Gasteiger partial charge in [-0.2, -0.15) is 0 Å². The highest BCUT2D eigenvalue weighted by atomic mass is 35.5. The molecule has 1 atom stereocenters. The van der Waals surface area contributed by atoms with Gasteiger partial charge in [-0.3, -0.25) is 9.59 Å². The number of hydrogen-bond acceptors (Lipinski definition) is 11. The maximum Gasteiger partial charge on any atom is 0.253 e. The topological polar surface area (TPSA) is 101 Å². The predicted octanol–water partition coefficient (Wildman–Crippen LogP) is 4.01. The molecule has 2 aliphatic rings. The van der Waals surface area contributed by atoms with Crippen LogP contribution in [0.2, 0.25) is 5.02 Å². The number of phenolic OH excluding ortho intramolecular Hbond substituents is 1. The van der Waals surface area contributed by atoms with E-state index in [0.717, 1.165) is 50.7 Å². The third-order valence-electron chi connectivity index (χ3n) is 6.32. The van der Waals surface area contributed by atoms with Crippen LogP contribution in [0.3, 0.4) is 0 Å². The summed E-state index contributed by atoms with van der Waals surface area (Å²) in [6, 6.07) is 7.03. The SMILES string of the molecule is Cc1ccc(C(Nc2c(Nc3ccc(Cl)c(SN4CCN(C)CC4)c3O)c(=O)c2=O)N2CCCS2)o1. The van der Waals surface area contributed by atoms with Crippen molar-refractivity contribution in [2.24, 2.45) is 0 Å². The number of aromatic hydroxyl groups is 1. The summed E-state index contributed by atoms with van der Waals surface area (Å²) in [5, 5.41) is 17.7. The summed E-state index contributed by atoms with van der Waals surface area (Å²) in [6.45, 7) is 6.21. The number of halogens is 1.